The van der Waals surface area contributed by atoms with Gasteiger partial charge < -0.3 is 14.5 Å². The molecule has 0 bridgehead atoms. The molecule has 0 aromatic heterocycles. The van der Waals surface area contributed by atoms with Gasteiger partial charge in [0, 0.05) is 19.3 Å². The van der Waals surface area contributed by atoms with Crippen LogP contribution >= 0.6 is 0 Å². The summed E-state index contributed by atoms with van der Waals surface area (Å²) < 4.78 is 5.24. The number of benzene rings is 3. The first-order chi connectivity index (χ1) is 17.5. The number of anilines is 1. The summed E-state index contributed by atoms with van der Waals surface area (Å²) in [6.45, 7) is 2.54. The van der Waals surface area contributed by atoms with Crippen molar-refractivity contribution in [2.75, 3.05) is 44.9 Å². The molecule has 0 unspecified atom stereocenters. The Morgan fingerprint density at radius 2 is 1.58 bits per heavy atom. The molecule has 3 aromatic carbocycles. The summed E-state index contributed by atoms with van der Waals surface area (Å²) >= 11 is 0. The number of aryl methyl sites for hydroxylation is 1. The van der Waals surface area contributed by atoms with Gasteiger partial charge in [0.2, 0.25) is 17.7 Å². The average Bonchev–Trinajstić information content (AvgIpc) is 3.29. The van der Waals surface area contributed by atoms with Crippen LogP contribution < -0.4 is 4.90 Å². The van der Waals surface area contributed by atoms with Gasteiger partial charge in [-0.25, -0.2) is 0 Å². The second-order valence-corrected chi connectivity index (χ2v) is 8.90. The number of methoxy groups -OCH3 is 1. The Hall–Kier alpha value is -3.97. The Morgan fingerprint density at radius 1 is 0.944 bits per heavy atom. The fourth-order valence-corrected chi connectivity index (χ4v) is 4.42. The van der Waals surface area contributed by atoms with Crippen molar-refractivity contribution in [3.63, 3.8) is 0 Å². The molecule has 1 heterocycles. The summed E-state index contributed by atoms with van der Waals surface area (Å²) in [4.78, 5) is 44.6. The van der Waals surface area contributed by atoms with Crippen LogP contribution in [0, 0.1) is 6.92 Å². The lowest BCUT2D eigenvalue weighted by Crippen LogP contribution is -2.45. The maximum Gasteiger partial charge on any atom is 0.248 e. The van der Waals surface area contributed by atoms with Gasteiger partial charge in [0.25, 0.3) is 0 Å². The van der Waals surface area contributed by atoms with Gasteiger partial charge in [-0.05, 0) is 35.7 Å². The highest BCUT2D eigenvalue weighted by molar-refractivity contribution is 6.00. The Kier molecular flexibility index (Phi) is 8.13. The lowest BCUT2D eigenvalue weighted by Gasteiger charge is -2.29. The van der Waals surface area contributed by atoms with E-state index < -0.39 is 5.92 Å². The molecule has 36 heavy (non-hydrogen) atoms. The van der Waals surface area contributed by atoms with Gasteiger partial charge in [0.15, 0.2) is 0 Å². The lowest BCUT2D eigenvalue weighted by atomic mass is 9.90. The summed E-state index contributed by atoms with van der Waals surface area (Å²) in [6, 6.07) is 26.7. The van der Waals surface area contributed by atoms with Crippen LogP contribution in [0.3, 0.4) is 0 Å². The van der Waals surface area contributed by atoms with Crippen molar-refractivity contribution < 1.29 is 19.1 Å². The van der Waals surface area contributed by atoms with Crippen LogP contribution in [0.5, 0.6) is 0 Å². The predicted octanol–water partition coefficient (Wildman–Crippen LogP) is 3.43. The molecule has 0 radical (unpaired) electrons. The van der Waals surface area contributed by atoms with Crippen molar-refractivity contribution in [2.45, 2.75) is 12.8 Å². The van der Waals surface area contributed by atoms with E-state index in [9.17, 15) is 14.4 Å². The summed E-state index contributed by atoms with van der Waals surface area (Å²) in [7, 11) is 1.56. The van der Waals surface area contributed by atoms with E-state index in [1.807, 2.05) is 91.9 Å². The minimum Gasteiger partial charge on any atom is -0.383 e. The smallest absolute Gasteiger partial charge is 0.248 e. The third-order valence-corrected chi connectivity index (χ3v) is 6.32. The number of rotatable bonds is 9. The molecule has 4 rings (SSSR count). The van der Waals surface area contributed by atoms with E-state index >= 15 is 0 Å². The number of ether oxygens (including phenoxy) is 1. The normalized spacial score (nSPS) is 13.4. The quantitative estimate of drug-likeness (QED) is 0.466. The predicted molar refractivity (Wildman–Crippen MR) is 138 cm³/mol. The molecule has 0 N–H and O–H groups in total. The van der Waals surface area contributed by atoms with Crippen LogP contribution in [0.1, 0.15) is 22.6 Å². The molecule has 1 fully saturated rings. The molecule has 1 saturated heterocycles. The zero-order chi connectivity index (χ0) is 25.5. The standard InChI is InChI=1S/C29H31N3O4/c1-22-10-9-15-25(18-22)32-21-31(20-27(32)34)26(33)19-30(16-17-36-2)29(35)28(23-11-5-3-6-12-23)24-13-7-4-8-14-24/h3-15,18,28H,16-17,19-21H2,1-2H3. The fourth-order valence-electron chi connectivity index (χ4n) is 4.42. The van der Waals surface area contributed by atoms with E-state index in [1.165, 1.54) is 9.80 Å². The van der Waals surface area contributed by atoms with Crippen molar-refractivity contribution in [3.8, 4) is 0 Å². The van der Waals surface area contributed by atoms with Gasteiger partial charge in [-0.3, -0.25) is 19.3 Å². The third-order valence-electron chi connectivity index (χ3n) is 6.32. The average molecular weight is 486 g/mol. The molecule has 1 aliphatic heterocycles. The topological polar surface area (TPSA) is 70.2 Å². The highest BCUT2D eigenvalue weighted by atomic mass is 16.5. The number of carbonyl (C=O) groups is 3. The minimum absolute atomic E-state index is 0.0140. The summed E-state index contributed by atoms with van der Waals surface area (Å²) in [5, 5.41) is 0. The zero-order valence-electron chi connectivity index (χ0n) is 20.7. The van der Waals surface area contributed by atoms with E-state index in [2.05, 4.69) is 0 Å². The lowest BCUT2D eigenvalue weighted by molar-refractivity contribution is -0.141. The van der Waals surface area contributed by atoms with E-state index in [1.54, 1.807) is 12.0 Å². The van der Waals surface area contributed by atoms with Gasteiger partial charge in [-0.2, -0.15) is 0 Å². The van der Waals surface area contributed by atoms with Gasteiger partial charge in [-0.1, -0.05) is 72.8 Å². The van der Waals surface area contributed by atoms with Crippen LogP contribution in [0.15, 0.2) is 84.9 Å². The number of amides is 3. The van der Waals surface area contributed by atoms with Crippen molar-refractivity contribution >= 4 is 23.4 Å². The summed E-state index contributed by atoms with van der Waals surface area (Å²) in [5.41, 5.74) is 3.50. The molecule has 1 aliphatic rings. The molecule has 3 amide bonds. The molecule has 0 saturated carbocycles. The second-order valence-electron chi connectivity index (χ2n) is 8.90. The monoisotopic (exact) mass is 485 g/mol. The number of hydrogen-bond acceptors (Lipinski definition) is 4. The van der Waals surface area contributed by atoms with Crippen LogP contribution in [0.2, 0.25) is 0 Å². The van der Waals surface area contributed by atoms with Crippen molar-refractivity contribution in [1.82, 2.24) is 9.80 Å². The molecule has 186 valence electrons. The maximum absolute atomic E-state index is 13.9. The summed E-state index contributed by atoms with van der Waals surface area (Å²) in [6.07, 6.45) is 0. The van der Waals surface area contributed by atoms with E-state index in [0.29, 0.717) is 6.61 Å². The van der Waals surface area contributed by atoms with Crippen LogP contribution in [-0.4, -0.2) is 67.5 Å². The maximum atomic E-state index is 13.9. The Morgan fingerprint density at radius 3 is 2.17 bits per heavy atom. The van der Waals surface area contributed by atoms with Crippen molar-refractivity contribution in [1.29, 1.82) is 0 Å². The third kappa shape index (κ3) is 5.80. The first-order valence-electron chi connectivity index (χ1n) is 12.0. The highest BCUT2D eigenvalue weighted by Crippen LogP contribution is 2.27. The van der Waals surface area contributed by atoms with E-state index in [-0.39, 0.29) is 44.0 Å². The first kappa shape index (κ1) is 25.1. The molecular formula is C29H31N3O4. The van der Waals surface area contributed by atoms with Crippen LogP contribution in [0.25, 0.3) is 0 Å². The fraction of sp³-hybridized carbons (Fsp3) is 0.276. The van der Waals surface area contributed by atoms with Crippen LogP contribution in [-0.2, 0) is 19.1 Å². The van der Waals surface area contributed by atoms with E-state index in [0.717, 1.165) is 22.4 Å². The largest absolute Gasteiger partial charge is 0.383 e. The second kappa shape index (κ2) is 11.6. The van der Waals surface area contributed by atoms with Gasteiger partial charge in [-0.15, -0.1) is 0 Å². The Labute approximate surface area is 211 Å². The van der Waals surface area contributed by atoms with Gasteiger partial charge in [0.05, 0.1) is 19.1 Å². The number of hydrogen-bond donors (Lipinski definition) is 0. The molecular weight excluding hydrogens is 454 g/mol. The highest BCUT2D eigenvalue weighted by Gasteiger charge is 2.34. The summed E-state index contributed by atoms with van der Waals surface area (Å²) in [5.74, 6) is -1.15. The van der Waals surface area contributed by atoms with Gasteiger partial charge in [0.1, 0.15) is 13.2 Å². The van der Waals surface area contributed by atoms with Crippen molar-refractivity contribution in [3.05, 3.63) is 102 Å². The SMILES string of the molecule is COCCN(CC(=O)N1CC(=O)N(c2cccc(C)c2)C1)C(=O)C(c1ccccc1)c1ccccc1. The Bertz CT molecular complexity index is 1160. The zero-order valence-corrected chi connectivity index (χ0v) is 20.7. The van der Waals surface area contributed by atoms with Crippen molar-refractivity contribution in [2.24, 2.45) is 0 Å². The number of nitrogens with zero attached hydrogens (tertiary/aromatic N) is 3. The van der Waals surface area contributed by atoms with E-state index in [4.69, 9.17) is 4.74 Å². The molecule has 3 aromatic rings. The first-order valence-corrected chi connectivity index (χ1v) is 12.0. The van der Waals surface area contributed by atoms with Crippen LogP contribution in [0.4, 0.5) is 5.69 Å². The number of carbonyl (C=O) groups excluding carboxylic acids is 3. The molecule has 0 atom stereocenters. The van der Waals surface area contributed by atoms with Gasteiger partial charge >= 0.3 is 0 Å². The molecule has 0 aliphatic carbocycles. The Balaban J connectivity index is 1.54. The molecule has 0 spiro atoms. The molecule has 7 heteroatoms. The minimum atomic E-state index is -0.555. The molecule has 7 nitrogen and oxygen atoms in total.